The molecule has 0 aliphatic carbocycles. The van der Waals surface area contributed by atoms with Crippen molar-refractivity contribution in [2.45, 2.75) is 6.42 Å². The number of nitrogens with zero attached hydrogens (tertiary/aromatic N) is 3. The molecule has 2 aromatic rings. The Morgan fingerprint density at radius 3 is 2.64 bits per heavy atom. The van der Waals surface area contributed by atoms with Crippen molar-refractivity contribution in [3.8, 4) is 17.2 Å². The fourth-order valence-electron chi connectivity index (χ4n) is 3.56. The van der Waals surface area contributed by atoms with Crippen molar-refractivity contribution in [3.05, 3.63) is 48.0 Å². The predicted molar refractivity (Wildman–Crippen MR) is 108 cm³/mol. The van der Waals surface area contributed by atoms with Gasteiger partial charge >= 0.3 is 0 Å². The smallest absolute Gasteiger partial charge is 0.211 e. The zero-order valence-corrected chi connectivity index (χ0v) is 16.8. The Morgan fingerprint density at radius 2 is 1.86 bits per heavy atom. The van der Waals surface area contributed by atoms with E-state index in [1.165, 1.54) is 10.6 Å². The van der Waals surface area contributed by atoms with Gasteiger partial charge in [-0.2, -0.15) is 0 Å². The van der Waals surface area contributed by atoms with Crippen molar-refractivity contribution in [2.75, 3.05) is 39.5 Å². The van der Waals surface area contributed by atoms with Gasteiger partial charge in [0.25, 0.3) is 0 Å². The molecule has 2 aliphatic rings. The van der Waals surface area contributed by atoms with Crippen LogP contribution in [-0.4, -0.2) is 63.0 Å². The van der Waals surface area contributed by atoms with Crippen molar-refractivity contribution in [1.29, 1.82) is 0 Å². The van der Waals surface area contributed by atoms with E-state index in [2.05, 4.69) is 4.90 Å². The first kappa shape index (κ1) is 18.8. The highest BCUT2D eigenvalue weighted by molar-refractivity contribution is 7.88. The molecule has 1 fully saturated rings. The molecule has 2 aromatic carbocycles. The average Bonchev–Trinajstić information content (AvgIpc) is 3.02. The number of hydrogen-bond donors (Lipinski definition) is 0. The molecule has 0 bridgehead atoms. The lowest BCUT2D eigenvalue weighted by molar-refractivity contribution is 0.378. The second-order valence-electron chi connectivity index (χ2n) is 6.84. The molecule has 28 heavy (non-hydrogen) atoms. The van der Waals surface area contributed by atoms with Crippen LogP contribution in [0.15, 0.2) is 47.5 Å². The number of rotatable bonds is 2. The van der Waals surface area contributed by atoms with Gasteiger partial charge < -0.3 is 14.4 Å². The van der Waals surface area contributed by atoms with Crippen LogP contribution in [0.1, 0.15) is 12.0 Å². The number of methoxy groups -OCH3 is 1. The van der Waals surface area contributed by atoms with Crippen LogP contribution < -0.4 is 9.47 Å². The van der Waals surface area contributed by atoms with Crippen LogP contribution in [0.3, 0.4) is 0 Å². The summed E-state index contributed by atoms with van der Waals surface area (Å²) in [5, 5.41) is 0. The minimum atomic E-state index is -3.21. The number of hydrogen-bond acceptors (Lipinski definition) is 6. The van der Waals surface area contributed by atoms with Gasteiger partial charge in [-0.15, -0.1) is 0 Å². The maximum Gasteiger partial charge on any atom is 0.211 e. The van der Waals surface area contributed by atoms with Gasteiger partial charge in [0.1, 0.15) is 11.5 Å². The Kier molecular flexibility index (Phi) is 4.99. The summed E-state index contributed by atoms with van der Waals surface area (Å²) in [5.41, 5.74) is 1.57. The van der Waals surface area contributed by atoms with Crippen LogP contribution in [-0.2, 0) is 10.0 Å². The van der Waals surface area contributed by atoms with Crippen molar-refractivity contribution in [2.24, 2.45) is 4.99 Å². The van der Waals surface area contributed by atoms with Crippen molar-refractivity contribution in [3.63, 3.8) is 0 Å². The normalized spacial score (nSPS) is 17.5. The number of amidine groups is 1. The van der Waals surface area contributed by atoms with Crippen LogP contribution in [0.4, 0.5) is 5.69 Å². The molecule has 0 atom stereocenters. The molecule has 0 amide bonds. The molecule has 0 saturated carbocycles. The molecular weight excluding hydrogens is 378 g/mol. The molecule has 0 unspecified atom stereocenters. The monoisotopic (exact) mass is 401 g/mol. The van der Waals surface area contributed by atoms with Crippen LogP contribution in [0, 0.1) is 0 Å². The summed E-state index contributed by atoms with van der Waals surface area (Å²) in [6, 6.07) is 13.3. The Balaban J connectivity index is 1.78. The quantitative estimate of drug-likeness (QED) is 0.774. The van der Waals surface area contributed by atoms with Crippen LogP contribution in [0.5, 0.6) is 17.2 Å². The first-order valence-electron chi connectivity index (χ1n) is 9.20. The second kappa shape index (κ2) is 7.44. The zero-order valence-electron chi connectivity index (χ0n) is 16.0. The number of ether oxygens (including phenoxy) is 2. The molecule has 0 spiro atoms. The van der Waals surface area contributed by atoms with E-state index >= 15 is 0 Å². The van der Waals surface area contributed by atoms with Crippen molar-refractivity contribution >= 4 is 21.5 Å². The van der Waals surface area contributed by atoms with Gasteiger partial charge in [0.2, 0.25) is 10.0 Å². The lowest BCUT2D eigenvalue weighted by Gasteiger charge is -2.25. The number of benzene rings is 2. The summed E-state index contributed by atoms with van der Waals surface area (Å²) in [7, 11) is -1.59. The largest absolute Gasteiger partial charge is 0.493 e. The maximum absolute atomic E-state index is 12.0. The topological polar surface area (TPSA) is 71.4 Å². The van der Waals surface area contributed by atoms with Gasteiger partial charge in [-0.3, -0.25) is 0 Å². The number of fused-ring (bicyclic) bond motifs is 2. The van der Waals surface area contributed by atoms with E-state index in [-0.39, 0.29) is 0 Å². The first-order valence-corrected chi connectivity index (χ1v) is 11.1. The Hall–Kier alpha value is -2.58. The standard InChI is InChI=1S/C20H23N3O4S/c1-26-18-10-5-7-15-19(18)27-17-9-4-3-8-16(17)21-20(15)22-11-6-12-23(14-13-22)28(2,24)25/h3-5,7-10H,6,11-14H2,1-2H3. The molecule has 0 aromatic heterocycles. The molecule has 7 nitrogen and oxygen atoms in total. The molecule has 1 saturated heterocycles. The zero-order chi connectivity index (χ0) is 19.7. The van der Waals surface area contributed by atoms with Gasteiger partial charge in [-0.25, -0.2) is 17.7 Å². The van der Waals surface area contributed by atoms with Gasteiger partial charge in [-0.1, -0.05) is 18.2 Å². The predicted octanol–water partition coefficient (Wildman–Crippen LogP) is 2.85. The second-order valence-corrected chi connectivity index (χ2v) is 8.83. The van der Waals surface area contributed by atoms with E-state index < -0.39 is 10.0 Å². The van der Waals surface area contributed by atoms with E-state index in [0.29, 0.717) is 43.4 Å². The van der Waals surface area contributed by atoms with Crippen molar-refractivity contribution < 1.29 is 17.9 Å². The van der Waals surface area contributed by atoms with E-state index in [1.807, 2.05) is 42.5 Å². The molecule has 8 heteroatoms. The number of sulfonamides is 1. The highest BCUT2D eigenvalue weighted by Gasteiger charge is 2.28. The number of para-hydroxylation sites is 3. The van der Waals surface area contributed by atoms with Gasteiger partial charge in [0, 0.05) is 26.2 Å². The third kappa shape index (κ3) is 3.57. The lowest BCUT2D eigenvalue weighted by atomic mass is 10.1. The summed E-state index contributed by atoms with van der Waals surface area (Å²) < 4.78 is 37.2. The maximum atomic E-state index is 12.0. The summed E-state index contributed by atoms with van der Waals surface area (Å²) in [5.74, 6) is 2.69. The molecule has 0 N–H and O–H groups in total. The Bertz CT molecular complexity index is 1020. The average molecular weight is 401 g/mol. The third-order valence-corrected chi connectivity index (χ3v) is 6.27. The SMILES string of the molecule is COc1cccc2c1Oc1ccccc1N=C2N1CCCN(S(C)(=O)=O)CC1. The molecule has 2 heterocycles. The fraction of sp³-hybridized carbons (Fsp3) is 0.350. The molecule has 148 valence electrons. The van der Waals surface area contributed by atoms with Gasteiger partial charge in [0.15, 0.2) is 17.2 Å². The minimum Gasteiger partial charge on any atom is -0.493 e. The van der Waals surface area contributed by atoms with E-state index in [1.54, 1.807) is 7.11 Å². The molecule has 0 radical (unpaired) electrons. The fourth-order valence-corrected chi connectivity index (χ4v) is 4.43. The summed E-state index contributed by atoms with van der Waals surface area (Å²) >= 11 is 0. The summed E-state index contributed by atoms with van der Waals surface area (Å²) in [4.78, 5) is 7.04. The van der Waals surface area contributed by atoms with E-state index in [4.69, 9.17) is 14.5 Å². The van der Waals surface area contributed by atoms with Gasteiger partial charge in [-0.05, 0) is 30.7 Å². The highest BCUT2D eigenvalue weighted by atomic mass is 32.2. The highest BCUT2D eigenvalue weighted by Crippen LogP contribution is 2.42. The molecular formula is C20H23N3O4S. The summed E-state index contributed by atoms with van der Waals surface area (Å²) in [6.45, 7) is 2.22. The van der Waals surface area contributed by atoms with Crippen LogP contribution >= 0.6 is 0 Å². The third-order valence-electron chi connectivity index (χ3n) is 4.97. The van der Waals surface area contributed by atoms with E-state index in [9.17, 15) is 8.42 Å². The van der Waals surface area contributed by atoms with Crippen LogP contribution in [0.2, 0.25) is 0 Å². The summed E-state index contributed by atoms with van der Waals surface area (Å²) in [6.07, 6.45) is 1.99. The van der Waals surface area contributed by atoms with Crippen LogP contribution in [0.25, 0.3) is 0 Å². The minimum absolute atomic E-state index is 0.430. The molecule has 4 rings (SSSR count). The lowest BCUT2D eigenvalue weighted by Crippen LogP contribution is -2.37. The first-order chi connectivity index (χ1) is 13.5. The molecule has 2 aliphatic heterocycles. The Labute approximate surface area is 165 Å². The Morgan fingerprint density at radius 1 is 1.04 bits per heavy atom. The van der Waals surface area contributed by atoms with Gasteiger partial charge in [0.05, 0.1) is 18.9 Å². The number of aliphatic imine (C=N–C) groups is 1. The van der Waals surface area contributed by atoms with E-state index in [0.717, 1.165) is 23.5 Å². The van der Waals surface area contributed by atoms with Crippen molar-refractivity contribution in [1.82, 2.24) is 9.21 Å².